The maximum absolute atomic E-state index is 12.6. The molecule has 0 bridgehead atoms. The lowest BCUT2D eigenvalue weighted by Gasteiger charge is -2.34. The van der Waals surface area contributed by atoms with Crippen molar-refractivity contribution in [3.8, 4) is 0 Å². The minimum atomic E-state index is -4.51. The van der Waals surface area contributed by atoms with Gasteiger partial charge in [0, 0.05) is 32.6 Å². The number of hydrogen-bond donors (Lipinski definition) is 0. The van der Waals surface area contributed by atoms with Crippen LogP contribution in [0.4, 0.5) is 13.2 Å². The summed E-state index contributed by atoms with van der Waals surface area (Å²) < 4.78 is 64.0. The van der Waals surface area contributed by atoms with Crippen molar-refractivity contribution in [1.82, 2.24) is 9.21 Å². The average Bonchev–Trinajstić information content (AvgIpc) is 2.59. The Kier molecular flexibility index (Phi) is 6.10. The monoisotopic (exact) mass is 378 g/mol. The van der Waals surface area contributed by atoms with E-state index in [2.05, 4.69) is 0 Å². The van der Waals surface area contributed by atoms with Crippen LogP contribution in [0, 0.1) is 0 Å². The van der Waals surface area contributed by atoms with E-state index in [4.69, 9.17) is 0 Å². The molecule has 0 spiro atoms. The van der Waals surface area contributed by atoms with Crippen LogP contribution in [0.5, 0.6) is 0 Å². The van der Waals surface area contributed by atoms with Gasteiger partial charge in [0.05, 0.1) is 10.5 Å². The number of amides is 1. The minimum absolute atomic E-state index is 0.00780. The number of halogens is 3. The Balaban J connectivity index is 2.03. The summed E-state index contributed by atoms with van der Waals surface area (Å²) in [5.74, 6) is 0.00780. The topological polar surface area (TPSA) is 57.7 Å². The molecule has 5 nitrogen and oxygen atoms in total. The van der Waals surface area contributed by atoms with Gasteiger partial charge >= 0.3 is 6.18 Å². The van der Waals surface area contributed by atoms with Gasteiger partial charge in [-0.1, -0.05) is 13.3 Å². The molecular weight excluding hydrogens is 357 g/mol. The van der Waals surface area contributed by atoms with E-state index < -0.39 is 21.8 Å². The Morgan fingerprint density at radius 1 is 1.08 bits per heavy atom. The maximum Gasteiger partial charge on any atom is 0.416 e. The summed E-state index contributed by atoms with van der Waals surface area (Å²) in [6.07, 6.45) is -2.36. The molecule has 0 atom stereocenters. The molecule has 0 N–H and O–H groups in total. The van der Waals surface area contributed by atoms with Crippen molar-refractivity contribution in [3.05, 3.63) is 29.8 Å². The number of carbonyl (C=O) groups excluding carboxylic acids is 1. The van der Waals surface area contributed by atoms with E-state index >= 15 is 0 Å². The van der Waals surface area contributed by atoms with Crippen LogP contribution in [0.2, 0.25) is 0 Å². The summed E-state index contributed by atoms with van der Waals surface area (Å²) in [6, 6.07) is 3.46. The Morgan fingerprint density at radius 3 is 2.12 bits per heavy atom. The molecule has 140 valence electrons. The van der Waals surface area contributed by atoms with E-state index in [1.807, 2.05) is 6.92 Å². The highest BCUT2D eigenvalue weighted by Gasteiger charge is 2.33. The standard InChI is InChI=1S/C16H21F3N2O3S/c1-2-3-4-15(22)20-9-11-21(12-10-20)25(23,24)14-7-5-13(6-8-14)16(17,18)19/h5-8H,2-4,9-12H2,1H3. The molecule has 1 aliphatic heterocycles. The van der Waals surface area contributed by atoms with Crippen molar-refractivity contribution in [3.63, 3.8) is 0 Å². The lowest BCUT2D eigenvalue weighted by molar-refractivity contribution is -0.137. The molecule has 0 radical (unpaired) electrons. The van der Waals surface area contributed by atoms with Gasteiger partial charge in [0.25, 0.3) is 0 Å². The zero-order valence-electron chi connectivity index (χ0n) is 13.9. The van der Waals surface area contributed by atoms with Crippen LogP contribution in [0.3, 0.4) is 0 Å². The normalized spacial score (nSPS) is 16.9. The van der Waals surface area contributed by atoms with Gasteiger partial charge in [-0.25, -0.2) is 8.42 Å². The van der Waals surface area contributed by atoms with E-state index in [-0.39, 0.29) is 23.9 Å². The van der Waals surface area contributed by atoms with Crippen molar-refractivity contribution in [2.45, 2.75) is 37.3 Å². The molecule has 0 unspecified atom stereocenters. The predicted molar refractivity (Wildman–Crippen MR) is 86.3 cm³/mol. The number of sulfonamides is 1. The lowest BCUT2D eigenvalue weighted by Crippen LogP contribution is -2.50. The van der Waals surface area contributed by atoms with Gasteiger partial charge in [-0.3, -0.25) is 4.79 Å². The highest BCUT2D eigenvalue weighted by atomic mass is 32.2. The average molecular weight is 378 g/mol. The van der Waals surface area contributed by atoms with Crippen LogP contribution >= 0.6 is 0 Å². The molecule has 1 saturated heterocycles. The second-order valence-electron chi connectivity index (χ2n) is 5.91. The first kappa shape index (κ1) is 19.7. The van der Waals surface area contributed by atoms with Gasteiger partial charge in [-0.15, -0.1) is 0 Å². The first-order valence-corrected chi connectivity index (χ1v) is 9.55. The SMILES string of the molecule is CCCCC(=O)N1CCN(S(=O)(=O)c2ccc(C(F)(F)F)cc2)CC1. The molecule has 0 saturated carbocycles. The van der Waals surface area contributed by atoms with Crippen LogP contribution in [-0.4, -0.2) is 49.7 Å². The molecule has 9 heteroatoms. The van der Waals surface area contributed by atoms with E-state index in [0.29, 0.717) is 19.5 Å². The zero-order valence-corrected chi connectivity index (χ0v) is 14.7. The Bertz CT molecular complexity index is 694. The van der Waals surface area contributed by atoms with Crippen molar-refractivity contribution in [2.75, 3.05) is 26.2 Å². The van der Waals surface area contributed by atoms with Crippen molar-refractivity contribution < 1.29 is 26.4 Å². The fourth-order valence-corrected chi connectivity index (χ4v) is 4.05. The summed E-state index contributed by atoms with van der Waals surface area (Å²) in [4.78, 5) is 13.4. The number of unbranched alkanes of at least 4 members (excludes halogenated alkanes) is 1. The Morgan fingerprint density at radius 2 is 1.64 bits per heavy atom. The second kappa shape index (κ2) is 7.74. The first-order chi connectivity index (χ1) is 11.7. The van der Waals surface area contributed by atoms with Crippen LogP contribution < -0.4 is 0 Å². The molecule has 1 aromatic carbocycles. The van der Waals surface area contributed by atoms with E-state index in [0.717, 1.165) is 37.1 Å². The zero-order chi connectivity index (χ0) is 18.7. The van der Waals surface area contributed by atoms with Crippen LogP contribution in [0.25, 0.3) is 0 Å². The van der Waals surface area contributed by atoms with Crippen LogP contribution in [0.1, 0.15) is 31.7 Å². The van der Waals surface area contributed by atoms with Crippen molar-refractivity contribution in [2.24, 2.45) is 0 Å². The van der Waals surface area contributed by atoms with E-state index in [9.17, 15) is 26.4 Å². The molecule has 1 amide bonds. The summed E-state index contributed by atoms with van der Waals surface area (Å²) in [7, 11) is -3.86. The molecule has 1 fully saturated rings. The third kappa shape index (κ3) is 4.72. The molecule has 1 aromatic rings. The van der Waals surface area contributed by atoms with Crippen LogP contribution in [0.15, 0.2) is 29.2 Å². The number of nitrogens with zero attached hydrogens (tertiary/aromatic N) is 2. The smallest absolute Gasteiger partial charge is 0.340 e. The minimum Gasteiger partial charge on any atom is -0.340 e. The summed E-state index contributed by atoms with van der Waals surface area (Å²) >= 11 is 0. The van der Waals surface area contributed by atoms with Crippen molar-refractivity contribution in [1.29, 1.82) is 0 Å². The third-order valence-corrected chi connectivity index (χ3v) is 6.07. The number of hydrogen-bond acceptors (Lipinski definition) is 3. The van der Waals surface area contributed by atoms with Gasteiger partial charge in [0.1, 0.15) is 0 Å². The highest BCUT2D eigenvalue weighted by Crippen LogP contribution is 2.30. The Labute approximate surface area is 145 Å². The highest BCUT2D eigenvalue weighted by molar-refractivity contribution is 7.89. The fraction of sp³-hybridized carbons (Fsp3) is 0.562. The second-order valence-corrected chi connectivity index (χ2v) is 7.85. The lowest BCUT2D eigenvalue weighted by atomic mass is 10.2. The number of alkyl halides is 3. The molecular formula is C16H21F3N2O3S. The summed E-state index contributed by atoms with van der Waals surface area (Å²) in [6.45, 7) is 2.86. The third-order valence-electron chi connectivity index (χ3n) is 4.15. The van der Waals surface area contributed by atoms with E-state index in [1.165, 1.54) is 4.31 Å². The number of piperazine rings is 1. The molecule has 1 aliphatic rings. The van der Waals surface area contributed by atoms with E-state index in [1.54, 1.807) is 4.90 Å². The van der Waals surface area contributed by atoms with Gasteiger partial charge < -0.3 is 4.90 Å². The maximum atomic E-state index is 12.6. The van der Waals surface area contributed by atoms with Gasteiger partial charge in [-0.05, 0) is 30.7 Å². The molecule has 0 aliphatic carbocycles. The molecule has 2 rings (SSSR count). The molecule has 25 heavy (non-hydrogen) atoms. The largest absolute Gasteiger partial charge is 0.416 e. The molecule has 0 aromatic heterocycles. The van der Waals surface area contributed by atoms with Gasteiger partial charge in [0.15, 0.2) is 0 Å². The summed E-state index contributed by atoms with van der Waals surface area (Å²) in [5.41, 5.74) is -0.891. The quantitative estimate of drug-likeness (QED) is 0.792. The van der Waals surface area contributed by atoms with Gasteiger partial charge in [0.2, 0.25) is 15.9 Å². The van der Waals surface area contributed by atoms with Gasteiger partial charge in [-0.2, -0.15) is 17.5 Å². The predicted octanol–water partition coefficient (Wildman–Crippen LogP) is 2.73. The fourth-order valence-electron chi connectivity index (χ4n) is 2.63. The molecule has 1 heterocycles. The number of benzene rings is 1. The first-order valence-electron chi connectivity index (χ1n) is 8.11. The summed E-state index contributed by atoms with van der Waals surface area (Å²) in [5, 5.41) is 0. The number of rotatable bonds is 5. The number of carbonyl (C=O) groups is 1. The van der Waals surface area contributed by atoms with Crippen LogP contribution in [-0.2, 0) is 21.0 Å². The Hall–Kier alpha value is -1.61. The van der Waals surface area contributed by atoms with Crippen molar-refractivity contribution >= 4 is 15.9 Å².